The molecule has 0 aliphatic heterocycles. The fraction of sp³-hybridized carbons (Fsp3) is 0.500. The lowest BCUT2D eigenvalue weighted by molar-refractivity contribution is -0.138. The van der Waals surface area contributed by atoms with E-state index in [1.54, 1.807) is 10.9 Å². The Bertz CT molecular complexity index is 609. The number of rotatable bonds is 7. The third-order valence-corrected chi connectivity index (χ3v) is 3.76. The molecule has 1 aliphatic carbocycles. The van der Waals surface area contributed by atoms with Crippen molar-refractivity contribution >= 4 is 5.97 Å². The Balaban J connectivity index is 1.72. The molecule has 1 saturated carbocycles. The van der Waals surface area contributed by atoms with Gasteiger partial charge in [-0.05, 0) is 47.7 Å². The van der Waals surface area contributed by atoms with Crippen LogP contribution in [0.5, 0.6) is 0 Å². The van der Waals surface area contributed by atoms with E-state index in [-0.39, 0.29) is 12.5 Å². The maximum Gasteiger partial charge on any atom is 0.305 e. The van der Waals surface area contributed by atoms with Gasteiger partial charge in [-0.2, -0.15) is 0 Å². The van der Waals surface area contributed by atoms with Crippen LogP contribution in [0.2, 0.25) is 0 Å². The summed E-state index contributed by atoms with van der Waals surface area (Å²) in [4.78, 5) is 15.3. The van der Waals surface area contributed by atoms with Gasteiger partial charge >= 0.3 is 5.97 Å². The van der Waals surface area contributed by atoms with Gasteiger partial charge < -0.3 is 5.11 Å². The van der Waals surface area contributed by atoms with Gasteiger partial charge in [0.05, 0.1) is 12.5 Å². The van der Waals surface area contributed by atoms with Crippen LogP contribution in [-0.4, -0.2) is 36.3 Å². The zero-order valence-corrected chi connectivity index (χ0v) is 11.6. The molecule has 2 aromatic heterocycles. The Hall–Kier alpha value is -2.31. The number of carboxylic acids is 1. The molecule has 7 heteroatoms. The van der Waals surface area contributed by atoms with E-state index in [0.29, 0.717) is 12.3 Å². The SMILES string of the molecule is O=C(O)CC(C1CC1)n1nnnc1CCc1ccccn1. The maximum absolute atomic E-state index is 11.0. The number of hydrogen-bond acceptors (Lipinski definition) is 5. The van der Waals surface area contributed by atoms with Gasteiger partial charge in [0.1, 0.15) is 0 Å². The van der Waals surface area contributed by atoms with Crippen molar-refractivity contribution in [2.45, 2.75) is 38.1 Å². The standard InChI is InChI=1S/C14H17N5O2/c20-14(21)9-12(10-4-5-10)19-13(16-17-18-19)7-6-11-3-1-2-8-15-11/h1-3,8,10,12H,4-7,9H2,(H,20,21). The summed E-state index contributed by atoms with van der Waals surface area (Å²) in [5, 5.41) is 20.9. The Morgan fingerprint density at radius 1 is 1.38 bits per heavy atom. The Morgan fingerprint density at radius 3 is 2.90 bits per heavy atom. The lowest BCUT2D eigenvalue weighted by Crippen LogP contribution is -2.20. The Kier molecular flexibility index (Phi) is 3.89. The summed E-state index contributed by atoms with van der Waals surface area (Å²) in [6.45, 7) is 0. The maximum atomic E-state index is 11.0. The predicted molar refractivity (Wildman–Crippen MR) is 73.5 cm³/mol. The number of pyridine rings is 1. The highest BCUT2D eigenvalue weighted by Gasteiger charge is 2.36. The third-order valence-electron chi connectivity index (χ3n) is 3.76. The highest BCUT2D eigenvalue weighted by molar-refractivity contribution is 5.67. The molecule has 2 heterocycles. The van der Waals surface area contributed by atoms with Crippen LogP contribution in [0.1, 0.15) is 36.8 Å². The van der Waals surface area contributed by atoms with E-state index in [4.69, 9.17) is 5.11 Å². The number of aromatic nitrogens is 5. The normalized spacial score (nSPS) is 15.8. The average molecular weight is 287 g/mol. The minimum Gasteiger partial charge on any atom is -0.481 e. The summed E-state index contributed by atoms with van der Waals surface area (Å²) in [7, 11) is 0. The lowest BCUT2D eigenvalue weighted by atomic mass is 10.1. The minimum absolute atomic E-state index is 0.0757. The number of carboxylic acid groups (broad SMARTS) is 1. The van der Waals surface area contributed by atoms with Crippen LogP contribution < -0.4 is 0 Å². The van der Waals surface area contributed by atoms with Crippen molar-refractivity contribution in [2.75, 3.05) is 0 Å². The molecule has 1 N–H and O–H groups in total. The molecule has 0 spiro atoms. The zero-order valence-electron chi connectivity index (χ0n) is 11.6. The van der Waals surface area contributed by atoms with Crippen LogP contribution in [0.4, 0.5) is 0 Å². The molecule has 2 aromatic rings. The molecule has 0 bridgehead atoms. The Labute approximate surface area is 122 Å². The first-order valence-electron chi connectivity index (χ1n) is 7.12. The molecule has 7 nitrogen and oxygen atoms in total. The van der Waals surface area contributed by atoms with E-state index in [1.165, 1.54) is 0 Å². The third kappa shape index (κ3) is 3.42. The van der Waals surface area contributed by atoms with Crippen molar-refractivity contribution < 1.29 is 9.90 Å². The van der Waals surface area contributed by atoms with Crippen LogP contribution in [0, 0.1) is 5.92 Å². The van der Waals surface area contributed by atoms with Crippen molar-refractivity contribution in [3.8, 4) is 0 Å². The van der Waals surface area contributed by atoms with Gasteiger partial charge in [-0.1, -0.05) is 6.07 Å². The molecular formula is C14H17N5O2. The second-order valence-corrected chi connectivity index (χ2v) is 5.36. The molecule has 21 heavy (non-hydrogen) atoms. The van der Waals surface area contributed by atoms with Crippen LogP contribution >= 0.6 is 0 Å². The quantitative estimate of drug-likeness (QED) is 0.824. The second-order valence-electron chi connectivity index (χ2n) is 5.36. The first-order chi connectivity index (χ1) is 10.2. The number of aliphatic carboxylic acids is 1. The molecule has 3 rings (SSSR count). The molecular weight excluding hydrogens is 270 g/mol. The number of tetrazole rings is 1. The molecule has 1 unspecified atom stereocenters. The van der Waals surface area contributed by atoms with Crippen molar-refractivity contribution in [1.29, 1.82) is 0 Å². The van der Waals surface area contributed by atoms with E-state index in [0.717, 1.165) is 30.8 Å². The Morgan fingerprint density at radius 2 is 2.24 bits per heavy atom. The molecule has 110 valence electrons. The number of nitrogens with zero attached hydrogens (tertiary/aromatic N) is 5. The molecule has 1 aliphatic rings. The van der Waals surface area contributed by atoms with Crippen LogP contribution in [0.3, 0.4) is 0 Å². The zero-order chi connectivity index (χ0) is 14.7. The first kappa shape index (κ1) is 13.7. The summed E-state index contributed by atoms with van der Waals surface area (Å²) in [5.74, 6) is 0.315. The first-order valence-corrected chi connectivity index (χ1v) is 7.12. The van der Waals surface area contributed by atoms with Gasteiger partial charge in [-0.25, -0.2) is 4.68 Å². The van der Waals surface area contributed by atoms with E-state index in [9.17, 15) is 4.79 Å². The predicted octanol–water partition coefficient (Wildman–Crippen LogP) is 1.28. The second kappa shape index (κ2) is 5.99. The van der Waals surface area contributed by atoms with Crippen molar-refractivity contribution in [1.82, 2.24) is 25.2 Å². The largest absolute Gasteiger partial charge is 0.481 e. The molecule has 0 amide bonds. The lowest BCUT2D eigenvalue weighted by Gasteiger charge is -2.15. The van der Waals surface area contributed by atoms with E-state index >= 15 is 0 Å². The van der Waals surface area contributed by atoms with Crippen LogP contribution in [-0.2, 0) is 17.6 Å². The summed E-state index contributed by atoms with van der Waals surface area (Å²) < 4.78 is 1.70. The van der Waals surface area contributed by atoms with E-state index in [2.05, 4.69) is 20.5 Å². The van der Waals surface area contributed by atoms with E-state index in [1.807, 2.05) is 18.2 Å². The van der Waals surface area contributed by atoms with Gasteiger partial charge in [0, 0.05) is 18.3 Å². The summed E-state index contributed by atoms with van der Waals surface area (Å²) in [6.07, 6.45) is 5.34. The molecule has 0 saturated heterocycles. The van der Waals surface area contributed by atoms with Gasteiger partial charge in [0.25, 0.3) is 0 Å². The van der Waals surface area contributed by atoms with Crippen molar-refractivity contribution in [3.05, 3.63) is 35.9 Å². The molecule has 0 radical (unpaired) electrons. The van der Waals surface area contributed by atoms with Crippen molar-refractivity contribution in [3.63, 3.8) is 0 Å². The number of hydrogen-bond donors (Lipinski definition) is 1. The van der Waals surface area contributed by atoms with Crippen LogP contribution in [0.25, 0.3) is 0 Å². The fourth-order valence-corrected chi connectivity index (χ4v) is 2.53. The van der Waals surface area contributed by atoms with Gasteiger partial charge in [-0.15, -0.1) is 5.10 Å². The minimum atomic E-state index is -0.807. The van der Waals surface area contributed by atoms with Crippen LogP contribution in [0.15, 0.2) is 24.4 Å². The summed E-state index contributed by atoms with van der Waals surface area (Å²) >= 11 is 0. The fourth-order valence-electron chi connectivity index (χ4n) is 2.53. The average Bonchev–Trinajstić information content (AvgIpc) is 3.22. The summed E-state index contributed by atoms with van der Waals surface area (Å²) in [6, 6.07) is 5.66. The smallest absolute Gasteiger partial charge is 0.305 e. The molecule has 1 fully saturated rings. The van der Waals surface area contributed by atoms with Gasteiger partial charge in [0.15, 0.2) is 5.82 Å². The number of aryl methyl sites for hydroxylation is 2. The topological polar surface area (TPSA) is 93.8 Å². The van der Waals surface area contributed by atoms with Gasteiger partial charge in [-0.3, -0.25) is 9.78 Å². The molecule has 0 aromatic carbocycles. The number of carbonyl (C=O) groups is 1. The monoisotopic (exact) mass is 287 g/mol. The van der Waals surface area contributed by atoms with Gasteiger partial charge in [0.2, 0.25) is 0 Å². The molecule has 1 atom stereocenters. The van der Waals surface area contributed by atoms with E-state index < -0.39 is 5.97 Å². The summed E-state index contributed by atoms with van der Waals surface area (Å²) in [5.41, 5.74) is 0.980. The highest BCUT2D eigenvalue weighted by atomic mass is 16.4. The van der Waals surface area contributed by atoms with Crippen molar-refractivity contribution in [2.24, 2.45) is 5.92 Å². The highest BCUT2D eigenvalue weighted by Crippen LogP contribution is 2.41.